The molecule has 0 aliphatic carbocycles. The molecule has 4 nitrogen and oxygen atoms in total. The number of nitrogens with zero attached hydrogens (tertiary/aromatic N) is 4. The zero-order chi connectivity index (χ0) is 11.8. The number of aromatic nitrogens is 2. The van der Waals surface area contributed by atoms with E-state index in [0.29, 0.717) is 6.04 Å². The van der Waals surface area contributed by atoms with Gasteiger partial charge in [0.15, 0.2) is 0 Å². The number of imidazole rings is 1. The molecule has 2 aliphatic heterocycles. The first-order valence-electron chi connectivity index (χ1n) is 6.68. The van der Waals surface area contributed by atoms with E-state index in [2.05, 4.69) is 33.3 Å². The van der Waals surface area contributed by atoms with Crippen LogP contribution in [0, 0.1) is 0 Å². The van der Waals surface area contributed by atoms with Crippen LogP contribution in [0.1, 0.15) is 25.6 Å². The van der Waals surface area contributed by atoms with Gasteiger partial charge >= 0.3 is 0 Å². The predicted octanol–water partition coefficient (Wildman–Crippen LogP) is 1.09. The van der Waals surface area contributed by atoms with Crippen LogP contribution in [0.25, 0.3) is 0 Å². The fourth-order valence-corrected chi connectivity index (χ4v) is 3.20. The summed E-state index contributed by atoms with van der Waals surface area (Å²) in [5, 5.41) is 0. The lowest BCUT2D eigenvalue weighted by Crippen LogP contribution is -2.54. The fourth-order valence-electron chi connectivity index (χ4n) is 3.20. The number of piperazine rings is 1. The van der Waals surface area contributed by atoms with Crippen molar-refractivity contribution >= 4 is 0 Å². The molecule has 2 unspecified atom stereocenters. The second kappa shape index (κ2) is 4.42. The van der Waals surface area contributed by atoms with Gasteiger partial charge in [-0.15, -0.1) is 0 Å². The fraction of sp³-hybridized carbons (Fsp3) is 0.769. The molecule has 3 heterocycles. The highest BCUT2D eigenvalue weighted by Crippen LogP contribution is 2.25. The molecular formula is C13H22N4. The molecule has 2 saturated heterocycles. The molecule has 0 spiro atoms. The Labute approximate surface area is 103 Å². The van der Waals surface area contributed by atoms with Gasteiger partial charge in [0.25, 0.3) is 0 Å². The Morgan fingerprint density at radius 2 is 2.29 bits per heavy atom. The number of hydrogen-bond acceptors (Lipinski definition) is 3. The Balaban J connectivity index is 1.69. The highest BCUT2D eigenvalue weighted by molar-refractivity contribution is 4.96. The summed E-state index contributed by atoms with van der Waals surface area (Å²) in [6.07, 6.45) is 6.69. The van der Waals surface area contributed by atoms with E-state index in [1.165, 1.54) is 38.3 Å². The van der Waals surface area contributed by atoms with Gasteiger partial charge in [0.2, 0.25) is 0 Å². The third kappa shape index (κ3) is 2.11. The minimum absolute atomic E-state index is 0.654. The first-order chi connectivity index (χ1) is 8.24. The van der Waals surface area contributed by atoms with Crippen molar-refractivity contribution in [1.29, 1.82) is 0 Å². The van der Waals surface area contributed by atoms with Crippen molar-refractivity contribution in [1.82, 2.24) is 19.4 Å². The topological polar surface area (TPSA) is 24.3 Å². The van der Waals surface area contributed by atoms with Crippen LogP contribution in [0.4, 0.5) is 0 Å². The molecule has 1 aromatic heterocycles. The molecule has 0 aromatic carbocycles. The van der Waals surface area contributed by atoms with Crippen LogP contribution in [0.3, 0.4) is 0 Å². The zero-order valence-electron chi connectivity index (χ0n) is 10.8. The Morgan fingerprint density at radius 1 is 1.41 bits per heavy atom. The van der Waals surface area contributed by atoms with Crippen LogP contribution in [0.5, 0.6) is 0 Å². The molecule has 0 saturated carbocycles. The van der Waals surface area contributed by atoms with Crippen molar-refractivity contribution in [2.75, 3.05) is 19.6 Å². The quantitative estimate of drug-likeness (QED) is 0.765. The molecule has 0 radical (unpaired) electrons. The van der Waals surface area contributed by atoms with E-state index in [4.69, 9.17) is 0 Å². The lowest BCUT2D eigenvalue weighted by Gasteiger charge is -2.42. The summed E-state index contributed by atoms with van der Waals surface area (Å²) in [6.45, 7) is 7.10. The van der Waals surface area contributed by atoms with Crippen LogP contribution < -0.4 is 0 Å². The maximum absolute atomic E-state index is 4.44. The van der Waals surface area contributed by atoms with E-state index in [1.54, 1.807) is 0 Å². The van der Waals surface area contributed by atoms with E-state index < -0.39 is 0 Å². The van der Waals surface area contributed by atoms with Crippen LogP contribution in [0.15, 0.2) is 12.4 Å². The van der Waals surface area contributed by atoms with Crippen molar-refractivity contribution in [2.45, 2.75) is 38.4 Å². The average Bonchev–Trinajstić information content (AvgIpc) is 2.89. The standard InChI is InChI=1S/C13H22N4/c1-11-8-16-6-3-4-12(16)9-17(11)10-13-14-5-7-15(13)2/h5,7,11-12H,3-4,6,8-10H2,1-2H3. The maximum Gasteiger partial charge on any atom is 0.122 e. The van der Waals surface area contributed by atoms with Gasteiger partial charge in [-0.25, -0.2) is 4.98 Å². The third-order valence-electron chi connectivity index (χ3n) is 4.33. The van der Waals surface area contributed by atoms with Gasteiger partial charge in [-0.2, -0.15) is 0 Å². The summed E-state index contributed by atoms with van der Waals surface area (Å²) < 4.78 is 2.13. The van der Waals surface area contributed by atoms with E-state index in [0.717, 1.165) is 12.6 Å². The van der Waals surface area contributed by atoms with Crippen LogP contribution in [0.2, 0.25) is 0 Å². The van der Waals surface area contributed by atoms with Gasteiger partial charge in [-0.3, -0.25) is 9.80 Å². The minimum atomic E-state index is 0.654. The van der Waals surface area contributed by atoms with Gasteiger partial charge in [-0.1, -0.05) is 0 Å². The first-order valence-corrected chi connectivity index (χ1v) is 6.68. The van der Waals surface area contributed by atoms with Gasteiger partial charge in [0.05, 0.1) is 6.54 Å². The zero-order valence-corrected chi connectivity index (χ0v) is 10.8. The van der Waals surface area contributed by atoms with Gasteiger partial charge in [-0.05, 0) is 26.3 Å². The summed E-state index contributed by atoms with van der Waals surface area (Å²) in [4.78, 5) is 9.70. The van der Waals surface area contributed by atoms with Gasteiger partial charge in [0.1, 0.15) is 5.82 Å². The molecule has 2 atom stereocenters. The molecule has 2 fully saturated rings. The van der Waals surface area contributed by atoms with Crippen molar-refractivity contribution in [3.63, 3.8) is 0 Å². The molecule has 4 heteroatoms. The second-order valence-corrected chi connectivity index (χ2v) is 5.52. The number of hydrogen-bond donors (Lipinski definition) is 0. The van der Waals surface area contributed by atoms with Gasteiger partial charge < -0.3 is 4.57 Å². The SMILES string of the molecule is CC1CN2CCCC2CN1Cc1nccn1C. The molecule has 0 N–H and O–H groups in total. The lowest BCUT2D eigenvalue weighted by atomic mass is 10.1. The molecular weight excluding hydrogens is 212 g/mol. The van der Waals surface area contributed by atoms with Crippen LogP contribution >= 0.6 is 0 Å². The molecule has 17 heavy (non-hydrogen) atoms. The summed E-state index contributed by atoms with van der Waals surface area (Å²) in [7, 11) is 2.08. The average molecular weight is 234 g/mol. The Kier molecular flexibility index (Phi) is 2.92. The summed E-state index contributed by atoms with van der Waals surface area (Å²) in [5.74, 6) is 1.18. The summed E-state index contributed by atoms with van der Waals surface area (Å²) in [6, 6.07) is 1.45. The smallest absolute Gasteiger partial charge is 0.122 e. The lowest BCUT2D eigenvalue weighted by molar-refractivity contribution is 0.0517. The predicted molar refractivity (Wildman–Crippen MR) is 67.7 cm³/mol. The molecule has 0 amide bonds. The minimum Gasteiger partial charge on any atom is -0.337 e. The Morgan fingerprint density at radius 3 is 3.06 bits per heavy atom. The normalized spacial score (nSPS) is 30.7. The monoisotopic (exact) mass is 234 g/mol. The number of fused-ring (bicyclic) bond motifs is 1. The number of rotatable bonds is 2. The Bertz CT molecular complexity index is 387. The molecule has 94 valence electrons. The summed E-state index contributed by atoms with van der Waals surface area (Å²) >= 11 is 0. The Hall–Kier alpha value is -0.870. The maximum atomic E-state index is 4.44. The van der Waals surface area contributed by atoms with E-state index in [9.17, 15) is 0 Å². The second-order valence-electron chi connectivity index (χ2n) is 5.52. The highest BCUT2D eigenvalue weighted by atomic mass is 15.3. The van der Waals surface area contributed by atoms with Crippen molar-refractivity contribution in [3.05, 3.63) is 18.2 Å². The van der Waals surface area contributed by atoms with E-state index in [1.807, 2.05) is 12.4 Å². The van der Waals surface area contributed by atoms with E-state index >= 15 is 0 Å². The first kappa shape index (κ1) is 11.2. The van der Waals surface area contributed by atoms with E-state index in [-0.39, 0.29) is 0 Å². The van der Waals surface area contributed by atoms with Crippen LogP contribution in [-0.2, 0) is 13.6 Å². The molecule has 3 rings (SSSR count). The highest BCUT2D eigenvalue weighted by Gasteiger charge is 2.34. The number of aryl methyl sites for hydroxylation is 1. The van der Waals surface area contributed by atoms with Crippen molar-refractivity contribution < 1.29 is 0 Å². The molecule has 1 aromatic rings. The van der Waals surface area contributed by atoms with Crippen molar-refractivity contribution in [2.24, 2.45) is 7.05 Å². The molecule has 0 bridgehead atoms. The van der Waals surface area contributed by atoms with Crippen LogP contribution in [-0.4, -0.2) is 51.1 Å². The molecule has 2 aliphatic rings. The summed E-state index contributed by atoms with van der Waals surface area (Å²) in [5.41, 5.74) is 0. The largest absolute Gasteiger partial charge is 0.337 e. The van der Waals surface area contributed by atoms with Crippen molar-refractivity contribution in [3.8, 4) is 0 Å². The third-order valence-corrected chi connectivity index (χ3v) is 4.33. The van der Waals surface area contributed by atoms with Gasteiger partial charge in [0, 0.05) is 44.6 Å².